The molecule has 0 saturated heterocycles. The maximum atomic E-state index is 6.51. The fourth-order valence-corrected chi connectivity index (χ4v) is 10.5. The molecular formula is C66H43NO. The zero-order valence-electron chi connectivity index (χ0n) is 37.2. The van der Waals surface area contributed by atoms with Crippen LogP contribution in [0.5, 0.6) is 0 Å². The summed E-state index contributed by atoms with van der Waals surface area (Å²) in [6, 6.07) is 94.6. The Kier molecular flexibility index (Phi) is 9.54. The Bertz CT molecular complexity index is 4020. The molecule has 2 heteroatoms. The second-order valence-corrected chi connectivity index (χ2v) is 17.6. The van der Waals surface area contributed by atoms with Crippen LogP contribution >= 0.6 is 0 Å². The van der Waals surface area contributed by atoms with Crippen molar-refractivity contribution in [1.29, 1.82) is 0 Å². The predicted octanol–water partition coefficient (Wildman–Crippen LogP) is 18.9. The summed E-state index contributed by atoms with van der Waals surface area (Å²) in [6.07, 6.45) is 0. The van der Waals surface area contributed by atoms with E-state index in [1.807, 2.05) is 12.1 Å². The SMILES string of the molecule is c1ccc(-c2c(-c3ccccc3)c3cc(-c4ccccc4N(c4ccc(-c5cccc6c5oc5ccccc56)cc4)c4cccc(-c5ccc6ccccc6c5)c4)ccc3c3ccccc23)cc1. The Morgan fingerprint density at radius 3 is 1.63 bits per heavy atom. The van der Waals surface area contributed by atoms with Crippen LogP contribution in [0.3, 0.4) is 0 Å². The molecule has 0 unspecified atom stereocenters. The van der Waals surface area contributed by atoms with Crippen molar-refractivity contribution >= 4 is 71.3 Å². The van der Waals surface area contributed by atoms with Crippen LogP contribution in [0.4, 0.5) is 17.1 Å². The molecule has 1 aromatic heterocycles. The van der Waals surface area contributed by atoms with Crippen molar-refractivity contribution in [3.8, 4) is 55.6 Å². The normalized spacial score (nSPS) is 11.5. The lowest BCUT2D eigenvalue weighted by Crippen LogP contribution is -2.11. The molecule has 2 nitrogen and oxygen atoms in total. The molecule has 0 N–H and O–H groups in total. The Balaban J connectivity index is 1.01. The van der Waals surface area contributed by atoms with Crippen molar-refractivity contribution < 1.29 is 4.42 Å². The van der Waals surface area contributed by atoms with E-state index in [2.05, 4.69) is 254 Å². The van der Waals surface area contributed by atoms with Crippen molar-refractivity contribution in [3.63, 3.8) is 0 Å². The molecule has 13 rings (SSSR count). The fourth-order valence-electron chi connectivity index (χ4n) is 10.5. The lowest BCUT2D eigenvalue weighted by molar-refractivity contribution is 0.670. The van der Waals surface area contributed by atoms with E-state index < -0.39 is 0 Å². The lowest BCUT2D eigenvalue weighted by Gasteiger charge is -2.29. The summed E-state index contributed by atoms with van der Waals surface area (Å²) in [5.74, 6) is 0. The highest BCUT2D eigenvalue weighted by molar-refractivity contribution is 6.22. The van der Waals surface area contributed by atoms with Crippen LogP contribution in [0.1, 0.15) is 0 Å². The third-order valence-electron chi connectivity index (χ3n) is 13.6. The number of anilines is 3. The number of nitrogens with zero attached hydrogens (tertiary/aromatic N) is 1. The summed E-state index contributed by atoms with van der Waals surface area (Å²) >= 11 is 0. The van der Waals surface area contributed by atoms with Gasteiger partial charge in [-0.1, -0.05) is 212 Å². The number of para-hydroxylation sites is 3. The summed E-state index contributed by atoms with van der Waals surface area (Å²) in [6.45, 7) is 0. The minimum atomic E-state index is 0.898. The fraction of sp³-hybridized carbons (Fsp3) is 0. The molecule has 0 spiro atoms. The van der Waals surface area contributed by atoms with Gasteiger partial charge >= 0.3 is 0 Å². The molecule has 68 heavy (non-hydrogen) atoms. The average Bonchev–Trinajstić information content (AvgIpc) is 3.80. The van der Waals surface area contributed by atoms with Gasteiger partial charge in [-0.25, -0.2) is 0 Å². The van der Waals surface area contributed by atoms with Gasteiger partial charge in [0, 0.05) is 33.3 Å². The van der Waals surface area contributed by atoms with Gasteiger partial charge in [-0.2, -0.15) is 0 Å². The van der Waals surface area contributed by atoms with Gasteiger partial charge < -0.3 is 9.32 Å². The monoisotopic (exact) mass is 865 g/mol. The third-order valence-corrected chi connectivity index (χ3v) is 13.6. The smallest absolute Gasteiger partial charge is 0.143 e. The first-order valence-corrected chi connectivity index (χ1v) is 23.3. The topological polar surface area (TPSA) is 16.4 Å². The number of rotatable bonds is 8. The molecule has 318 valence electrons. The maximum absolute atomic E-state index is 6.51. The summed E-state index contributed by atoms with van der Waals surface area (Å²) in [7, 11) is 0. The molecule has 1 heterocycles. The van der Waals surface area contributed by atoms with E-state index >= 15 is 0 Å². The molecular weight excluding hydrogens is 823 g/mol. The minimum Gasteiger partial charge on any atom is -0.455 e. The number of benzene rings is 12. The van der Waals surface area contributed by atoms with Gasteiger partial charge in [-0.15, -0.1) is 0 Å². The summed E-state index contributed by atoms with van der Waals surface area (Å²) < 4.78 is 6.51. The molecule has 0 aliphatic heterocycles. The largest absolute Gasteiger partial charge is 0.455 e. The van der Waals surface area contributed by atoms with Gasteiger partial charge in [0.1, 0.15) is 11.2 Å². The standard InChI is InChI=1S/C66H43NO/c1-3-18-46(19-4-1)64-59-28-10-9-26-56(59)57-40-37-51(43-61(57)65(64)47-20-5-2-6-21-47)54-25-11-13-31-62(54)67(53-24-15-23-49(42-53)50-34-33-44-17-7-8-22-48(44)41-50)52-38-35-45(36-39-52)55-29-16-30-60-58-27-12-14-32-63(58)68-66(55)60/h1-43H. The van der Waals surface area contributed by atoms with Crippen LogP contribution in [0.25, 0.3) is 110 Å². The van der Waals surface area contributed by atoms with E-state index in [-0.39, 0.29) is 0 Å². The first kappa shape index (κ1) is 39.4. The predicted molar refractivity (Wildman–Crippen MR) is 288 cm³/mol. The zero-order chi connectivity index (χ0) is 45.0. The van der Waals surface area contributed by atoms with E-state index in [0.717, 1.165) is 66.8 Å². The van der Waals surface area contributed by atoms with Gasteiger partial charge in [-0.3, -0.25) is 0 Å². The highest BCUT2D eigenvalue weighted by Crippen LogP contribution is 2.48. The Morgan fingerprint density at radius 1 is 0.265 bits per heavy atom. The molecule has 12 aromatic carbocycles. The van der Waals surface area contributed by atoms with Crippen molar-refractivity contribution in [1.82, 2.24) is 0 Å². The highest BCUT2D eigenvalue weighted by Gasteiger charge is 2.22. The molecule has 0 aliphatic rings. The van der Waals surface area contributed by atoms with E-state index in [9.17, 15) is 0 Å². The summed E-state index contributed by atoms with van der Waals surface area (Å²) in [4.78, 5) is 2.42. The van der Waals surface area contributed by atoms with E-state index in [1.54, 1.807) is 0 Å². The highest BCUT2D eigenvalue weighted by atomic mass is 16.3. The Morgan fingerprint density at radius 2 is 0.824 bits per heavy atom. The van der Waals surface area contributed by atoms with Crippen molar-refractivity contribution in [3.05, 3.63) is 261 Å². The third kappa shape index (κ3) is 6.73. The average molecular weight is 866 g/mol. The number of furan rings is 1. The lowest BCUT2D eigenvalue weighted by atomic mass is 9.84. The first-order valence-electron chi connectivity index (χ1n) is 23.3. The van der Waals surface area contributed by atoms with E-state index in [0.29, 0.717) is 0 Å². The number of fused-ring (bicyclic) bond motifs is 7. The van der Waals surface area contributed by atoms with Crippen LogP contribution in [-0.2, 0) is 0 Å². The van der Waals surface area contributed by atoms with Gasteiger partial charge in [0.05, 0.1) is 5.69 Å². The maximum Gasteiger partial charge on any atom is 0.143 e. The summed E-state index contributed by atoms with van der Waals surface area (Å²) in [5.41, 5.74) is 16.7. The van der Waals surface area contributed by atoms with Gasteiger partial charge in [0.2, 0.25) is 0 Å². The Labute approximate surface area is 395 Å². The molecule has 0 atom stereocenters. The van der Waals surface area contributed by atoms with E-state index in [1.165, 1.54) is 60.1 Å². The van der Waals surface area contributed by atoms with Crippen LogP contribution < -0.4 is 4.90 Å². The van der Waals surface area contributed by atoms with Crippen LogP contribution in [0.15, 0.2) is 265 Å². The molecule has 0 aliphatic carbocycles. The molecule has 0 radical (unpaired) electrons. The van der Waals surface area contributed by atoms with E-state index in [4.69, 9.17) is 4.42 Å². The molecule has 0 fully saturated rings. The van der Waals surface area contributed by atoms with Crippen molar-refractivity contribution in [2.75, 3.05) is 4.90 Å². The van der Waals surface area contributed by atoms with Gasteiger partial charge in [0.25, 0.3) is 0 Å². The minimum absolute atomic E-state index is 0.898. The van der Waals surface area contributed by atoms with Gasteiger partial charge in [-0.05, 0) is 125 Å². The molecule has 0 amide bonds. The number of hydrogen-bond acceptors (Lipinski definition) is 2. The van der Waals surface area contributed by atoms with Crippen molar-refractivity contribution in [2.45, 2.75) is 0 Å². The van der Waals surface area contributed by atoms with Crippen molar-refractivity contribution in [2.24, 2.45) is 0 Å². The Hall–Kier alpha value is -8.98. The second kappa shape index (κ2) is 16.5. The quantitative estimate of drug-likeness (QED) is 0.142. The van der Waals surface area contributed by atoms with Crippen LogP contribution in [-0.4, -0.2) is 0 Å². The van der Waals surface area contributed by atoms with Crippen LogP contribution in [0.2, 0.25) is 0 Å². The molecule has 0 bridgehead atoms. The summed E-state index contributed by atoms with van der Waals surface area (Å²) in [5, 5.41) is 9.65. The molecule has 13 aromatic rings. The second-order valence-electron chi connectivity index (χ2n) is 17.6. The zero-order valence-corrected chi connectivity index (χ0v) is 37.2. The molecule has 0 saturated carbocycles. The van der Waals surface area contributed by atoms with Gasteiger partial charge in [0.15, 0.2) is 0 Å². The van der Waals surface area contributed by atoms with Crippen LogP contribution in [0, 0.1) is 0 Å². The first-order chi connectivity index (χ1) is 33.7. The number of hydrogen-bond donors (Lipinski definition) is 0.